The Balaban J connectivity index is 2.38. The number of nitrogen functional groups attached to an aromatic ring is 1. The summed E-state index contributed by atoms with van der Waals surface area (Å²) in [5, 5.41) is 0. The molecule has 0 aliphatic heterocycles. The van der Waals surface area contributed by atoms with Gasteiger partial charge in [-0.3, -0.25) is 0 Å². The maximum atomic E-state index is 13.5. The van der Waals surface area contributed by atoms with Crippen LogP contribution in [-0.4, -0.2) is 0 Å². The molecule has 16 heavy (non-hydrogen) atoms. The van der Waals surface area contributed by atoms with Crippen molar-refractivity contribution in [3.63, 3.8) is 0 Å². The summed E-state index contributed by atoms with van der Waals surface area (Å²) >= 11 is 0. The average Bonchev–Trinajstić information content (AvgIpc) is 2.26. The van der Waals surface area contributed by atoms with Crippen molar-refractivity contribution in [3.8, 4) is 0 Å². The first kappa shape index (κ1) is 10.6. The Morgan fingerprint density at radius 3 is 2.25 bits per heavy atom. The third kappa shape index (κ3) is 2.03. The minimum atomic E-state index is -0.400. The van der Waals surface area contributed by atoms with Crippen molar-refractivity contribution in [1.82, 2.24) is 0 Å². The second kappa shape index (κ2) is 4.31. The van der Waals surface area contributed by atoms with Crippen LogP contribution in [0.1, 0.15) is 11.1 Å². The van der Waals surface area contributed by atoms with Gasteiger partial charge in [-0.1, -0.05) is 24.3 Å². The summed E-state index contributed by atoms with van der Waals surface area (Å²) in [5.74, 6) is -0.742. The summed E-state index contributed by atoms with van der Waals surface area (Å²) in [6.45, 7) is 0. The number of benzene rings is 2. The second-order valence-electron chi connectivity index (χ2n) is 3.58. The van der Waals surface area contributed by atoms with E-state index in [0.717, 1.165) is 0 Å². The van der Waals surface area contributed by atoms with Gasteiger partial charge in [0.25, 0.3) is 0 Å². The van der Waals surface area contributed by atoms with Crippen molar-refractivity contribution < 1.29 is 8.78 Å². The van der Waals surface area contributed by atoms with Crippen LogP contribution in [0.25, 0.3) is 0 Å². The third-order valence-corrected chi connectivity index (χ3v) is 2.48. The predicted octanol–water partition coefficient (Wildman–Crippen LogP) is 3.14. The summed E-state index contributed by atoms with van der Waals surface area (Å²) in [4.78, 5) is 0. The van der Waals surface area contributed by atoms with E-state index in [1.54, 1.807) is 24.3 Å². The summed E-state index contributed by atoms with van der Waals surface area (Å²) in [7, 11) is 0. The van der Waals surface area contributed by atoms with Crippen LogP contribution in [0.3, 0.4) is 0 Å². The highest BCUT2D eigenvalue weighted by Gasteiger charge is 2.09. The van der Waals surface area contributed by atoms with Crippen molar-refractivity contribution in [2.75, 3.05) is 5.73 Å². The average molecular weight is 219 g/mol. The van der Waals surface area contributed by atoms with Gasteiger partial charge >= 0.3 is 0 Å². The summed E-state index contributed by atoms with van der Waals surface area (Å²) in [6, 6.07) is 10.8. The fourth-order valence-corrected chi connectivity index (χ4v) is 1.59. The molecule has 0 bridgehead atoms. The van der Waals surface area contributed by atoms with E-state index in [0.29, 0.717) is 16.8 Å². The minimum absolute atomic E-state index is 0.172. The number of rotatable bonds is 2. The molecule has 1 nitrogen and oxygen atoms in total. The Kier molecular flexibility index (Phi) is 2.86. The topological polar surface area (TPSA) is 26.0 Å². The molecule has 2 aromatic rings. The fourth-order valence-electron chi connectivity index (χ4n) is 1.59. The van der Waals surface area contributed by atoms with E-state index in [1.165, 1.54) is 18.2 Å². The number of hydrogen-bond donors (Lipinski definition) is 1. The van der Waals surface area contributed by atoms with Crippen molar-refractivity contribution in [3.05, 3.63) is 65.2 Å². The highest BCUT2D eigenvalue weighted by atomic mass is 19.1. The Hall–Kier alpha value is -1.90. The van der Waals surface area contributed by atoms with Gasteiger partial charge in [0, 0.05) is 17.7 Å². The van der Waals surface area contributed by atoms with Gasteiger partial charge in [0.2, 0.25) is 0 Å². The molecule has 0 aliphatic rings. The van der Waals surface area contributed by atoms with E-state index in [9.17, 15) is 8.78 Å². The molecule has 0 saturated heterocycles. The second-order valence-corrected chi connectivity index (χ2v) is 3.58. The number of nitrogens with two attached hydrogens (primary N) is 1. The standard InChI is InChI=1S/C13H11F2N/c14-11-5-2-1-4-9(11)8-10-12(15)6-3-7-13(10)16/h1-7H,8,16H2. The van der Waals surface area contributed by atoms with Gasteiger partial charge in [-0.25, -0.2) is 8.78 Å². The first-order chi connectivity index (χ1) is 7.68. The third-order valence-electron chi connectivity index (χ3n) is 2.48. The van der Waals surface area contributed by atoms with Gasteiger partial charge in [0.05, 0.1) is 0 Å². The first-order valence-electron chi connectivity index (χ1n) is 4.95. The predicted molar refractivity (Wildman–Crippen MR) is 60.0 cm³/mol. The van der Waals surface area contributed by atoms with Gasteiger partial charge in [-0.15, -0.1) is 0 Å². The van der Waals surface area contributed by atoms with Gasteiger partial charge in [0.1, 0.15) is 11.6 Å². The normalized spacial score (nSPS) is 10.4. The lowest BCUT2D eigenvalue weighted by Crippen LogP contribution is -2.00. The zero-order valence-electron chi connectivity index (χ0n) is 8.58. The highest BCUT2D eigenvalue weighted by molar-refractivity contribution is 5.49. The van der Waals surface area contributed by atoms with Gasteiger partial charge < -0.3 is 5.73 Å². The molecule has 0 heterocycles. The maximum Gasteiger partial charge on any atom is 0.128 e. The van der Waals surface area contributed by atoms with E-state index in [-0.39, 0.29) is 12.2 Å². The van der Waals surface area contributed by atoms with Crippen LogP contribution in [0.15, 0.2) is 42.5 Å². The minimum Gasteiger partial charge on any atom is -0.398 e. The van der Waals surface area contributed by atoms with Crippen LogP contribution in [0, 0.1) is 11.6 Å². The van der Waals surface area contributed by atoms with Gasteiger partial charge in [-0.2, -0.15) is 0 Å². The van der Waals surface area contributed by atoms with E-state index in [2.05, 4.69) is 0 Å². The molecule has 0 fully saturated rings. The molecule has 0 radical (unpaired) electrons. The number of halogens is 2. The molecule has 0 saturated carbocycles. The van der Waals surface area contributed by atoms with Crippen molar-refractivity contribution >= 4 is 5.69 Å². The number of anilines is 1. The zero-order chi connectivity index (χ0) is 11.5. The van der Waals surface area contributed by atoms with Crippen molar-refractivity contribution in [2.45, 2.75) is 6.42 Å². The van der Waals surface area contributed by atoms with Crippen molar-refractivity contribution in [2.24, 2.45) is 0 Å². The first-order valence-corrected chi connectivity index (χ1v) is 4.95. The molecule has 2 N–H and O–H groups in total. The van der Waals surface area contributed by atoms with E-state index in [1.807, 2.05) is 0 Å². The Morgan fingerprint density at radius 1 is 0.875 bits per heavy atom. The molecule has 0 unspecified atom stereocenters. The highest BCUT2D eigenvalue weighted by Crippen LogP contribution is 2.20. The number of hydrogen-bond acceptors (Lipinski definition) is 1. The van der Waals surface area contributed by atoms with Crippen LogP contribution < -0.4 is 5.73 Å². The molecule has 2 aromatic carbocycles. The molecule has 0 amide bonds. The van der Waals surface area contributed by atoms with E-state index in [4.69, 9.17) is 5.73 Å². The molecule has 0 atom stereocenters. The van der Waals surface area contributed by atoms with Crippen LogP contribution in [0.2, 0.25) is 0 Å². The summed E-state index contributed by atoms with van der Waals surface area (Å²) < 4.78 is 26.8. The summed E-state index contributed by atoms with van der Waals surface area (Å²) in [5.41, 5.74) is 6.79. The largest absolute Gasteiger partial charge is 0.398 e. The molecule has 2 rings (SSSR count). The monoisotopic (exact) mass is 219 g/mol. The van der Waals surface area contributed by atoms with E-state index >= 15 is 0 Å². The Labute approximate surface area is 92.5 Å². The zero-order valence-corrected chi connectivity index (χ0v) is 8.58. The van der Waals surface area contributed by atoms with Gasteiger partial charge in [-0.05, 0) is 23.8 Å². The van der Waals surface area contributed by atoms with E-state index < -0.39 is 5.82 Å². The van der Waals surface area contributed by atoms with Crippen LogP contribution in [0.4, 0.5) is 14.5 Å². The smallest absolute Gasteiger partial charge is 0.128 e. The van der Waals surface area contributed by atoms with Crippen LogP contribution in [-0.2, 0) is 6.42 Å². The molecule has 82 valence electrons. The Morgan fingerprint density at radius 2 is 1.56 bits per heavy atom. The van der Waals surface area contributed by atoms with Crippen LogP contribution in [0.5, 0.6) is 0 Å². The SMILES string of the molecule is Nc1cccc(F)c1Cc1ccccc1F. The molecular formula is C13H11F2N. The summed E-state index contributed by atoms with van der Waals surface area (Å²) in [6.07, 6.45) is 0.172. The molecule has 0 spiro atoms. The lowest BCUT2D eigenvalue weighted by molar-refractivity contribution is 0.600. The maximum absolute atomic E-state index is 13.5. The Bertz CT molecular complexity index is 489. The van der Waals surface area contributed by atoms with Gasteiger partial charge in [0.15, 0.2) is 0 Å². The molecule has 0 aromatic heterocycles. The van der Waals surface area contributed by atoms with Crippen LogP contribution >= 0.6 is 0 Å². The molecule has 3 heteroatoms. The molecular weight excluding hydrogens is 208 g/mol. The quantitative estimate of drug-likeness (QED) is 0.771. The lowest BCUT2D eigenvalue weighted by atomic mass is 10.0. The molecule has 0 aliphatic carbocycles. The van der Waals surface area contributed by atoms with Crippen molar-refractivity contribution in [1.29, 1.82) is 0 Å². The lowest BCUT2D eigenvalue weighted by Gasteiger charge is -2.07. The fraction of sp³-hybridized carbons (Fsp3) is 0.0769.